The maximum Gasteiger partial charge on any atom is 0.362 e. The lowest BCUT2D eigenvalue weighted by molar-refractivity contribution is 0.103. The molecule has 0 saturated carbocycles. The summed E-state index contributed by atoms with van der Waals surface area (Å²) in [6, 6.07) is 3.43. The summed E-state index contributed by atoms with van der Waals surface area (Å²) in [6.07, 6.45) is 3.21. The van der Waals surface area contributed by atoms with E-state index >= 15 is 0 Å². The number of nitriles is 1. The van der Waals surface area contributed by atoms with Crippen LogP contribution in [0.3, 0.4) is 0 Å². The summed E-state index contributed by atoms with van der Waals surface area (Å²) in [5, 5.41) is 17.8. The molecule has 1 saturated heterocycles. The Morgan fingerprint density at radius 2 is 2.08 bits per heavy atom. The molecule has 0 spiro atoms. The number of carbonyl (C=O) groups excluding carboxylic acids is 2. The van der Waals surface area contributed by atoms with Crippen molar-refractivity contribution in [1.82, 2.24) is 29.9 Å². The third-order valence-corrected chi connectivity index (χ3v) is 4.41. The monoisotopic (exact) mass is 319 g/mol. The molecule has 9 heteroatoms. The van der Waals surface area contributed by atoms with Crippen molar-refractivity contribution in [3.8, 4) is 17.3 Å². The third-order valence-electron chi connectivity index (χ3n) is 4.41. The maximum atomic E-state index is 12.6. The molecular formula is C15H9N7O2. The number of hydrogen-bond acceptors (Lipinski definition) is 6. The summed E-state index contributed by atoms with van der Waals surface area (Å²) >= 11 is 0. The van der Waals surface area contributed by atoms with E-state index < -0.39 is 6.03 Å². The molecule has 4 heterocycles. The molecule has 2 aliphatic rings. The van der Waals surface area contributed by atoms with Crippen molar-refractivity contribution in [3.05, 3.63) is 29.7 Å². The molecule has 24 heavy (non-hydrogen) atoms. The van der Waals surface area contributed by atoms with Crippen molar-refractivity contribution in [2.75, 3.05) is 13.1 Å². The molecule has 9 nitrogen and oxygen atoms in total. The zero-order chi connectivity index (χ0) is 16.4. The number of H-pyrrole nitrogens is 1. The van der Waals surface area contributed by atoms with Crippen LogP contribution in [0.2, 0.25) is 0 Å². The van der Waals surface area contributed by atoms with Crippen LogP contribution in [0.1, 0.15) is 16.1 Å². The number of fused-ring (bicyclic) bond motifs is 2. The van der Waals surface area contributed by atoms with Crippen LogP contribution < -0.4 is 0 Å². The van der Waals surface area contributed by atoms with Crippen LogP contribution >= 0.6 is 0 Å². The molecule has 1 aliphatic heterocycles. The predicted molar refractivity (Wildman–Crippen MR) is 80.0 cm³/mol. The van der Waals surface area contributed by atoms with Gasteiger partial charge in [-0.25, -0.2) is 9.78 Å². The van der Waals surface area contributed by atoms with Crippen LogP contribution in [0.4, 0.5) is 4.79 Å². The van der Waals surface area contributed by atoms with Crippen molar-refractivity contribution < 1.29 is 9.59 Å². The standard InChI is InChI=1S/C15H9N7O2/c16-3-7-5-21(6-7)15(24)22-19-11-8-1-2-17-14-10(8)9(4-18-14)13(23)12(11)20-22/h1-2,4,7H,5-6H2,(H,17,18). The van der Waals surface area contributed by atoms with Gasteiger partial charge in [0.05, 0.1) is 17.6 Å². The zero-order valence-electron chi connectivity index (χ0n) is 12.2. The van der Waals surface area contributed by atoms with Gasteiger partial charge in [0.2, 0.25) is 5.78 Å². The first-order chi connectivity index (χ1) is 11.7. The van der Waals surface area contributed by atoms with Crippen LogP contribution in [-0.4, -0.2) is 54.8 Å². The van der Waals surface area contributed by atoms with E-state index in [0.29, 0.717) is 35.4 Å². The average molecular weight is 319 g/mol. The molecule has 0 aromatic carbocycles. The van der Waals surface area contributed by atoms with E-state index in [1.54, 1.807) is 18.5 Å². The van der Waals surface area contributed by atoms with Gasteiger partial charge in [-0.05, 0) is 6.07 Å². The maximum absolute atomic E-state index is 12.6. The SMILES string of the molecule is N#CC1CN(C(=O)n2nc3c(n2)-c2ccnc4[nH]cc(c24)C3=O)C1. The highest BCUT2D eigenvalue weighted by Crippen LogP contribution is 2.36. The number of amides is 1. The quantitative estimate of drug-likeness (QED) is 0.511. The van der Waals surface area contributed by atoms with Gasteiger partial charge in [0.15, 0.2) is 5.69 Å². The molecular weight excluding hydrogens is 310 g/mol. The Morgan fingerprint density at radius 3 is 2.88 bits per heavy atom. The van der Waals surface area contributed by atoms with E-state index in [1.165, 1.54) is 4.90 Å². The summed E-state index contributed by atoms with van der Waals surface area (Å²) < 4.78 is 0. The fourth-order valence-electron chi connectivity index (χ4n) is 3.13. The van der Waals surface area contributed by atoms with E-state index in [4.69, 9.17) is 5.26 Å². The number of carbonyl (C=O) groups is 2. The minimum absolute atomic E-state index is 0.152. The van der Waals surface area contributed by atoms with Gasteiger partial charge in [-0.15, -0.1) is 10.2 Å². The van der Waals surface area contributed by atoms with E-state index in [1.807, 2.05) is 0 Å². The highest BCUT2D eigenvalue weighted by atomic mass is 16.2. The van der Waals surface area contributed by atoms with Crippen molar-refractivity contribution >= 4 is 22.8 Å². The van der Waals surface area contributed by atoms with Gasteiger partial charge < -0.3 is 9.88 Å². The second-order valence-corrected chi connectivity index (χ2v) is 5.81. The van der Waals surface area contributed by atoms with Crippen LogP contribution in [0.5, 0.6) is 0 Å². The Morgan fingerprint density at radius 1 is 1.29 bits per heavy atom. The van der Waals surface area contributed by atoms with E-state index in [9.17, 15) is 9.59 Å². The highest BCUT2D eigenvalue weighted by molar-refractivity contribution is 6.23. The molecule has 116 valence electrons. The molecule has 0 radical (unpaired) electrons. The van der Waals surface area contributed by atoms with Gasteiger partial charge in [-0.1, -0.05) is 4.80 Å². The van der Waals surface area contributed by atoms with Gasteiger partial charge in [0.25, 0.3) is 0 Å². The molecule has 0 atom stereocenters. The van der Waals surface area contributed by atoms with Gasteiger partial charge in [-0.2, -0.15) is 5.26 Å². The Hall–Kier alpha value is -3.54. The molecule has 1 amide bonds. The Kier molecular flexibility index (Phi) is 2.30. The number of rotatable bonds is 0. The van der Waals surface area contributed by atoms with Gasteiger partial charge in [-0.3, -0.25) is 4.79 Å². The fraction of sp³-hybridized carbons (Fsp3) is 0.200. The number of aromatic amines is 1. The number of nitrogens with zero attached hydrogens (tertiary/aromatic N) is 6. The Bertz CT molecular complexity index is 1080. The van der Waals surface area contributed by atoms with E-state index in [0.717, 1.165) is 10.4 Å². The first kappa shape index (κ1) is 13.0. The summed E-state index contributed by atoms with van der Waals surface area (Å²) in [7, 11) is 0. The smallest absolute Gasteiger partial charge is 0.345 e. The summed E-state index contributed by atoms with van der Waals surface area (Å²) in [5.74, 6) is -0.435. The normalized spacial score (nSPS) is 16.0. The Labute approximate surface area is 134 Å². The first-order valence-corrected chi connectivity index (χ1v) is 7.35. The van der Waals surface area contributed by atoms with Crippen LogP contribution in [-0.2, 0) is 0 Å². The Balaban J connectivity index is 1.61. The van der Waals surface area contributed by atoms with Crippen molar-refractivity contribution in [2.45, 2.75) is 0 Å². The number of ketones is 1. The molecule has 1 aliphatic carbocycles. The molecule has 3 aromatic rings. The molecule has 1 fully saturated rings. The summed E-state index contributed by atoms with van der Waals surface area (Å²) in [6.45, 7) is 0.713. The highest BCUT2D eigenvalue weighted by Gasteiger charge is 2.36. The second kappa shape index (κ2) is 4.26. The van der Waals surface area contributed by atoms with Crippen LogP contribution in [0.15, 0.2) is 18.5 Å². The number of nitrogens with one attached hydrogen (secondary N) is 1. The summed E-state index contributed by atoms with van der Waals surface area (Å²) in [5.41, 5.74) is 2.34. The minimum atomic E-state index is -0.430. The lowest BCUT2D eigenvalue weighted by Gasteiger charge is -2.34. The van der Waals surface area contributed by atoms with E-state index in [2.05, 4.69) is 26.2 Å². The number of hydrogen-bond donors (Lipinski definition) is 1. The van der Waals surface area contributed by atoms with Gasteiger partial charge in [0, 0.05) is 36.4 Å². The van der Waals surface area contributed by atoms with Crippen molar-refractivity contribution in [3.63, 3.8) is 0 Å². The molecule has 0 unspecified atom stereocenters. The van der Waals surface area contributed by atoms with Gasteiger partial charge in [0.1, 0.15) is 11.3 Å². The predicted octanol–water partition coefficient (Wildman–Crippen LogP) is 0.789. The van der Waals surface area contributed by atoms with E-state index in [-0.39, 0.29) is 17.4 Å². The molecule has 3 aromatic heterocycles. The number of pyridine rings is 1. The molecule has 5 rings (SSSR count). The zero-order valence-corrected chi connectivity index (χ0v) is 12.2. The lowest BCUT2D eigenvalue weighted by atomic mass is 9.94. The van der Waals surface area contributed by atoms with Gasteiger partial charge >= 0.3 is 6.03 Å². The second-order valence-electron chi connectivity index (χ2n) is 5.81. The van der Waals surface area contributed by atoms with Crippen LogP contribution in [0, 0.1) is 17.2 Å². The molecule has 1 N–H and O–H groups in total. The average Bonchev–Trinajstić information content (AvgIpc) is 3.17. The first-order valence-electron chi connectivity index (χ1n) is 7.35. The van der Waals surface area contributed by atoms with Crippen molar-refractivity contribution in [1.29, 1.82) is 5.26 Å². The number of aromatic nitrogens is 5. The third kappa shape index (κ3) is 1.49. The topological polar surface area (TPSA) is 121 Å². The lowest BCUT2D eigenvalue weighted by Crippen LogP contribution is -2.51. The largest absolute Gasteiger partial charge is 0.362 e. The van der Waals surface area contributed by atoms with Crippen molar-refractivity contribution in [2.24, 2.45) is 5.92 Å². The van der Waals surface area contributed by atoms with Crippen LogP contribution in [0.25, 0.3) is 22.3 Å². The fourth-order valence-corrected chi connectivity index (χ4v) is 3.13. The summed E-state index contributed by atoms with van der Waals surface area (Å²) in [4.78, 5) is 34.6. The number of likely N-dealkylation sites (tertiary alicyclic amines) is 1. The molecule has 0 bridgehead atoms. The minimum Gasteiger partial charge on any atom is -0.345 e.